The third kappa shape index (κ3) is 3.46. The number of nitrogens with zero attached hydrogens (tertiary/aromatic N) is 1. The largest absolute Gasteiger partial charge is 0.310 e. The van der Waals surface area contributed by atoms with Crippen LogP contribution in [0.2, 0.25) is 0 Å². The maximum absolute atomic E-state index is 3.88. The van der Waals surface area contributed by atoms with Gasteiger partial charge in [0, 0.05) is 18.6 Å². The summed E-state index contributed by atoms with van der Waals surface area (Å²) < 4.78 is 0. The van der Waals surface area contributed by atoms with Gasteiger partial charge in [-0.05, 0) is 38.8 Å². The van der Waals surface area contributed by atoms with E-state index in [9.17, 15) is 0 Å². The Labute approximate surface area is 94.4 Å². The van der Waals surface area contributed by atoms with Crippen LogP contribution in [-0.4, -0.2) is 36.6 Å². The summed E-state index contributed by atoms with van der Waals surface area (Å²) in [5, 5.41) is 3.88. The van der Waals surface area contributed by atoms with Gasteiger partial charge < -0.3 is 10.2 Å². The highest BCUT2D eigenvalue weighted by Gasteiger charge is 2.22. The van der Waals surface area contributed by atoms with Gasteiger partial charge in [0.1, 0.15) is 0 Å². The van der Waals surface area contributed by atoms with E-state index in [0.717, 1.165) is 12.1 Å². The number of likely N-dealkylation sites (N-methyl/N-ethyl adjacent to an activating group) is 1. The molecule has 15 heavy (non-hydrogen) atoms. The summed E-state index contributed by atoms with van der Waals surface area (Å²) in [5.41, 5.74) is 0. The van der Waals surface area contributed by atoms with Gasteiger partial charge in [-0.1, -0.05) is 26.2 Å². The molecule has 0 aromatic heterocycles. The Morgan fingerprint density at radius 1 is 1.00 bits per heavy atom. The lowest BCUT2D eigenvalue weighted by molar-refractivity contribution is 0.182. The zero-order valence-corrected chi connectivity index (χ0v) is 10.2. The number of likely N-dealkylation sites (tertiary alicyclic amines) is 1. The predicted octanol–water partition coefficient (Wildman–Crippen LogP) is 2.39. The zero-order chi connectivity index (χ0) is 10.5. The molecule has 88 valence electrons. The van der Waals surface area contributed by atoms with Crippen molar-refractivity contribution in [3.8, 4) is 0 Å². The second kappa shape index (κ2) is 5.86. The van der Waals surface area contributed by atoms with Crippen LogP contribution >= 0.6 is 0 Å². The van der Waals surface area contributed by atoms with E-state index in [0.29, 0.717) is 0 Å². The molecule has 1 atom stereocenters. The average Bonchev–Trinajstić information content (AvgIpc) is 2.31. The molecule has 0 amide bonds. The van der Waals surface area contributed by atoms with Crippen LogP contribution in [0.1, 0.15) is 51.9 Å². The average molecular weight is 210 g/mol. The van der Waals surface area contributed by atoms with Crippen molar-refractivity contribution < 1.29 is 0 Å². The Morgan fingerprint density at radius 3 is 2.47 bits per heavy atom. The molecule has 0 aromatic rings. The minimum Gasteiger partial charge on any atom is -0.310 e. The van der Waals surface area contributed by atoms with Gasteiger partial charge in [0.15, 0.2) is 0 Å². The molecule has 2 fully saturated rings. The van der Waals surface area contributed by atoms with Gasteiger partial charge in [-0.25, -0.2) is 0 Å². The Hall–Kier alpha value is -0.0800. The van der Waals surface area contributed by atoms with E-state index in [1.807, 2.05) is 0 Å². The third-order valence-electron chi connectivity index (χ3n) is 4.03. The van der Waals surface area contributed by atoms with Crippen molar-refractivity contribution in [2.75, 3.05) is 19.6 Å². The minimum atomic E-state index is 0.779. The molecule has 0 bridgehead atoms. The number of nitrogens with one attached hydrogen (secondary N) is 1. The summed E-state index contributed by atoms with van der Waals surface area (Å²) in [6.45, 7) is 6.11. The van der Waals surface area contributed by atoms with Gasteiger partial charge in [-0.3, -0.25) is 0 Å². The second-order valence-electron chi connectivity index (χ2n) is 5.23. The van der Waals surface area contributed by atoms with E-state index in [1.54, 1.807) is 0 Å². The lowest BCUT2D eigenvalue weighted by Crippen LogP contribution is -2.49. The summed E-state index contributed by atoms with van der Waals surface area (Å²) in [7, 11) is 0. The Balaban J connectivity index is 1.72. The standard InChI is InChI=1S/C13H26N2/c1-2-15-10-6-9-13(11-15)14-12-7-4-3-5-8-12/h12-14H,2-11H2,1H3/t13-/m0/s1. The highest BCUT2D eigenvalue weighted by molar-refractivity contribution is 4.82. The molecule has 0 aromatic carbocycles. The fourth-order valence-corrected chi connectivity index (χ4v) is 3.08. The quantitative estimate of drug-likeness (QED) is 0.769. The molecular formula is C13H26N2. The Kier molecular flexibility index (Phi) is 4.45. The van der Waals surface area contributed by atoms with Crippen LogP contribution in [0.3, 0.4) is 0 Å². The molecule has 2 heteroatoms. The number of piperidine rings is 1. The van der Waals surface area contributed by atoms with E-state index in [1.165, 1.54) is 64.6 Å². The molecule has 1 aliphatic carbocycles. The van der Waals surface area contributed by atoms with Gasteiger partial charge in [0.05, 0.1) is 0 Å². The van der Waals surface area contributed by atoms with Gasteiger partial charge >= 0.3 is 0 Å². The van der Waals surface area contributed by atoms with Crippen molar-refractivity contribution in [2.45, 2.75) is 64.0 Å². The van der Waals surface area contributed by atoms with E-state index >= 15 is 0 Å². The molecule has 1 aliphatic heterocycles. The predicted molar refractivity (Wildman–Crippen MR) is 65.1 cm³/mol. The zero-order valence-electron chi connectivity index (χ0n) is 10.2. The molecule has 2 nitrogen and oxygen atoms in total. The molecule has 1 saturated carbocycles. The SMILES string of the molecule is CCN1CCC[C@H](NC2CCCCC2)C1. The fourth-order valence-electron chi connectivity index (χ4n) is 3.08. The monoisotopic (exact) mass is 210 g/mol. The molecule has 0 unspecified atom stereocenters. The van der Waals surface area contributed by atoms with Crippen LogP contribution in [0.25, 0.3) is 0 Å². The van der Waals surface area contributed by atoms with Crippen molar-refractivity contribution in [1.29, 1.82) is 0 Å². The molecular weight excluding hydrogens is 184 g/mol. The molecule has 1 heterocycles. The smallest absolute Gasteiger partial charge is 0.0198 e. The molecule has 0 spiro atoms. The number of hydrogen-bond acceptors (Lipinski definition) is 2. The van der Waals surface area contributed by atoms with Gasteiger partial charge in [0.25, 0.3) is 0 Å². The molecule has 0 radical (unpaired) electrons. The van der Waals surface area contributed by atoms with Crippen molar-refractivity contribution >= 4 is 0 Å². The number of rotatable bonds is 3. The maximum atomic E-state index is 3.88. The molecule has 1 saturated heterocycles. The van der Waals surface area contributed by atoms with E-state index in [-0.39, 0.29) is 0 Å². The first-order valence-corrected chi connectivity index (χ1v) is 6.87. The first-order chi connectivity index (χ1) is 7.38. The van der Waals surface area contributed by atoms with Crippen molar-refractivity contribution in [3.63, 3.8) is 0 Å². The van der Waals surface area contributed by atoms with Crippen LogP contribution in [0.4, 0.5) is 0 Å². The minimum absolute atomic E-state index is 0.779. The van der Waals surface area contributed by atoms with E-state index < -0.39 is 0 Å². The van der Waals surface area contributed by atoms with Crippen molar-refractivity contribution in [3.05, 3.63) is 0 Å². The molecule has 1 N–H and O–H groups in total. The summed E-state index contributed by atoms with van der Waals surface area (Å²) in [6, 6.07) is 1.61. The highest BCUT2D eigenvalue weighted by Crippen LogP contribution is 2.19. The van der Waals surface area contributed by atoms with Gasteiger partial charge in [-0.2, -0.15) is 0 Å². The van der Waals surface area contributed by atoms with Crippen LogP contribution < -0.4 is 5.32 Å². The normalized spacial score (nSPS) is 30.6. The van der Waals surface area contributed by atoms with Crippen molar-refractivity contribution in [1.82, 2.24) is 10.2 Å². The summed E-state index contributed by atoms with van der Waals surface area (Å²) in [5.74, 6) is 0. The van der Waals surface area contributed by atoms with Crippen LogP contribution in [-0.2, 0) is 0 Å². The Morgan fingerprint density at radius 2 is 1.73 bits per heavy atom. The molecule has 2 rings (SSSR count). The highest BCUT2D eigenvalue weighted by atomic mass is 15.2. The van der Waals surface area contributed by atoms with Gasteiger partial charge in [0.2, 0.25) is 0 Å². The summed E-state index contributed by atoms with van der Waals surface area (Å²) in [6.07, 6.45) is 9.98. The van der Waals surface area contributed by atoms with Crippen LogP contribution in [0.5, 0.6) is 0 Å². The van der Waals surface area contributed by atoms with Crippen LogP contribution in [0, 0.1) is 0 Å². The first-order valence-electron chi connectivity index (χ1n) is 6.87. The van der Waals surface area contributed by atoms with E-state index in [4.69, 9.17) is 0 Å². The van der Waals surface area contributed by atoms with Crippen LogP contribution in [0.15, 0.2) is 0 Å². The number of hydrogen-bond donors (Lipinski definition) is 1. The Bertz CT molecular complexity index is 175. The molecule has 2 aliphatic rings. The third-order valence-corrected chi connectivity index (χ3v) is 4.03. The lowest BCUT2D eigenvalue weighted by atomic mass is 9.94. The van der Waals surface area contributed by atoms with Crippen molar-refractivity contribution in [2.24, 2.45) is 0 Å². The summed E-state index contributed by atoms with van der Waals surface area (Å²) in [4.78, 5) is 2.59. The second-order valence-corrected chi connectivity index (χ2v) is 5.23. The maximum Gasteiger partial charge on any atom is 0.0198 e. The summed E-state index contributed by atoms with van der Waals surface area (Å²) >= 11 is 0. The first kappa shape index (κ1) is 11.4. The fraction of sp³-hybridized carbons (Fsp3) is 1.00. The van der Waals surface area contributed by atoms with Gasteiger partial charge in [-0.15, -0.1) is 0 Å². The van der Waals surface area contributed by atoms with E-state index in [2.05, 4.69) is 17.1 Å². The topological polar surface area (TPSA) is 15.3 Å². The lowest BCUT2D eigenvalue weighted by Gasteiger charge is -2.35.